The van der Waals surface area contributed by atoms with E-state index in [1.54, 1.807) is 19.2 Å². The standard InChI is InChI=1S/C9H13NO4/c1-6-4-8(12-3)9(13-14-10)5-7(6)11-2/h4-5H,10H2,1-3H3. The topological polar surface area (TPSA) is 62.9 Å². The molecular formula is C9H13NO4. The van der Waals surface area contributed by atoms with Crippen LogP contribution in [0, 0.1) is 6.92 Å². The molecule has 5 heteroatoms. The van der Waals surface area contributed by atoms with Crippen LogP contribution >= 0.6 is 0 Å². The average Bonchev–Trinajstić information content (AvgIpc) is 2.20. The molecule has 0 bridgehead atoms. The Hall–Kier alpha value is -1.46. The van der Waals surface area contributed by atoms with Crippen LogP contribution in [0.1, 0.15) is 5.56 Å². The minimum atomic E-state index is 0.373. The van der Waals surface area contributed by atoms with Crippen molar-refractivity contribution in [3.05, 3.63) is 17.7 Å². The van der Waals surface area contributed by atoms with Gasteiger partial charge in [-0.15, -0.1) is 0 Å². The van der Waals surface area contributed by atoms with Gasteiger partial charge in [-0.3, -0.25) is 0 Å². The highest BCUT2D eigenvalue weighted by atomic mass is 17.3. The smallest absolute Gasteiger partial charge is 0.212 e. The Morgan fingerprint density at radius 3 is 2.14 bits per heavy atom. The van der Waals surface area contributed by atoms with Gasteiger partial charge in [0.15, 0.2) is 5.75 Å². The fraction of sp³-hybridized carbons (Fsp3) is 0.333. The summed E-state index contributed by atoms with van der Waals surface area (Å²) in [4.78, 5) is 8.77. The Balaban J connectivity index is 3.11. The molecule has 0 aliphatic rings. The Bertz CT molecular complexity index is 314. The third-order valence-corrected chi connectivity index (χ3v) is 1.82. The highest BCUT2D eigenvalue weighted by molar-refractivity contribution is 5.49. The number of benzene rings is 1. The zero-order valence-electron chi connectivity index (χ0n) is 8.37. The number of hydrogen-bond donors (Lipinski definition) is 1. The lowest BCUT2D eigenvalue weighted by molar-refractivity contribution is -0.212. The Kier molecular flexibility index (Phi) is 3.55. The number of rotatable bonds is 4. The zero-order valence-corrected chi connectivity index (χ0v) is 8.37. The van der Waals surface area contributed by atoms with Gasteiger partial charge < -0.3 is 14.4 Å². The van der Waals surface area contributed by atoms with E-state index in [1.165, 1.54) is 7.11 Å². The molecule has 0 saturated heterocycles. The number of ether oxygens (including phenoxy) is 2. The van der Waals surface area contributed by atoms with Crippen molar-refractivity contribution in [1.29, 1.82) is 0 Å². The molecule has 14 heavy (non-hydrogen) atoms. The van der Waals surface area contributed by atoms with Crippen LogP contribution in [0.25, 0.3) is 0 Å². The van der Waals surface area contributed by atoms with Crippen LogP contribution in [-0.4, -0.2) is 14.2 Å². The first-order valence-corrected chi connectivity index (χ1v) is 3.99. The van der Waals surface area contributed by atoms with E-state index in [-0.39, 0.29) is 0 Å². The molecule has 78 valence electrons. The number of nitrogens with two attached hydrogens (primary N) is 1. The van der Waals surface area contributed by atoms with Crippen LogP contribution in [0.2, 0.25) is 0 Å². The number of aryl methyl sites for hydroxylation is 1. The molecule has 1 rings (SSSR count). The SMILES string of the molecule is COc1cc(OON)c(OC)cc1C. The lowest BCUT2D eigenvalue weighted by Gasteiger charge is -2.10. The molecule has 0 fully saturated rings. The molecule has 5 nitrogen and oxygen atoms in total. The third kappa shape index (κ3) is 2.07. The molecule has 0 radical (unpaired) electrons. The van der Waals surface area contributed by atoms with E-state index < -0.39 is 0 Å². The second-order valence-corrected chi connectivity index (χ2v) is 2.65. The van der Waals surface area contributed by atoms with Crippen molar-refractivity contribution in [2.45, 2.75) is 6.92 Å². The van der Waals surface area contributed by atoms with Gasteiger partial charge in [0, 0.05) is 6.07 Å². The van der Waals surface area contributed by atoms with E-state index in [9.17, 15) is 0 Å². The fourth-order valence-corrected chi connectivity index (χ4v) is 1.14. The maximum Gasteiger partial charge on any atom is 0.212 e. The molecule has 0 heterocycles. The quantitative estimate of drug-likeness (QED) is 0.583. The molecule has 0 aromatic heterocycles. The first-order chi connectivity index (χ1) is 6.72. The first-order valence-electron chi connectivity index (χ1n) is 3.99. The molecule has 0 aliphatic carbocycles. The Morgan fingerprint density at radius 1 is 1.00 bits per heavy atom. The van der Waals surface area contributed by atoms with Crippen molar-refractivity contribution in [2.24, 2.45) is 5.90 Å². The van der Waals surface area contributed by atoms with Gasteiger partial charge in [0.25, 0.3) is 0 Å². The molecule has 0 saturated carbocycles. The summed E-state index contributed by atoms with van der Waals surface area (Å²) in [5, 5.41) is 0. The second-order valence-electron chi connectivity index (χ2n) is 2.65. The predicted octanol–water partition coefficient (Wildman–Crippen LogP) is 1.20. The maximum absolute atomic E-state index is 5.10. The fourth-order valence-electron chi connectivity index (χ4n) is 1.14. The van der Waals surface area contributed by atoms with Crippen molar-refractivity contribution in [3.8, 4) is 17.2 Å². The van der Waals surface area contributed by atoms with Gasteiger partial charge in [-0.25, -0.2) is 0 Å². The highest BCUT2D eigenvalue weighted by Gasteiger charge is 2.10. The van der Waals surface area contributed by atoms with E-state index in [4.69, 9.17) is 20.3 Å². The Morgan fingerprint density at radius 2 is 1.64 bits per heavy atom. The maximum atomic E-state index is 5.10. The lowest BCUT2D eigenvalue weighted by atomic mass is 10.2. The molecule has 1 aromatic rings. The summed E-state index contributed by atoms with van der Waals surface area (Å²) in [6, 6.07) is 3.41. The number of hydrogen-bond acceptors (Lipinski definition) is 5. The molecule has 0 atom stereocenters. The summed E-state index contributed by atoms with van der Waals surface area (Å²) in [7, 11) is 3.10. The average molecular weight is 199 g/mol. The molecule has 0 spiro atoms. The minimum absolute atomic E-state index is 0.373. The van der Waals surface area contributed by atoms with Crippen LogP contribution in [0.15, 0.2) is 12.1 Å². The van der Waals surface area contributed by atoms with E-state index in [1.807, 2.05) is 6.92 Å². The van der Waals surface area contributed by atoms with E-state index in [0.29, 0.717) is 17.2 Å². The van der Waals surface area contributed by atoms with Crippen LogP contribution in [0.5, 0.6) is 17.2 Å². The third-order valence-electron chi connectivity index (χ3n) is 1.82. The van der Waals surface area contributed by atoms with Crippen molar-refractivity contribution in [2.75, 3.05) is 14.2 Å². The zero-order chi connectivity index (χ0) is 10.6. The van der Waals surface area contributed by atoms with Crippen molar-refractivity contribution >= 4 is 0 Å². The molecular weight excluding hydrogens is 186 g/mol. The summed E-state index contributed by atoms with van der Waals surface area (Å²) in [6.07, 6.45) is 0. The van der Waals surface area contributed by atoms with Crippen LogP contribution < -0.4 is 20.3 Å². The largest absolute Gasteiger partial charge is 0.496 e. The van der Waals surface area contributed by atoms with E-state index in [0.717, 1.165) is 5.56 Å². The summed E-state index contributed by atoms with van der Waals surface area (Å²) in [5.74, 6) is 6.38. The lowest BCUT2D eigenvalue weighted by Crippen LogP contribution is -2.05. The van der Waals surface area contributed by atoms with Gasteiger partial charge >= 0.3 is 0 Å². The Labute approximate surface area is 82.2 Å². The molecule has 2 N–H and O–H groups in total. The summed E-state index contributed by atoms with van der Waals surface area (Å²) in [6.45, 7) is 1.90. The van der Waals surface area contributed by atoms with Crippen molar-refractivity contribution < 1.29 is 19.3 Å². The van der Waals surface area contributed by atoms with Gasteiger partial charge in [-0.1, -0.05) is 4.99 Å². The van der Waals surface area contributed by atoms with Gasteiger partial charge in [-0.2, -0.15) is 5.90 Å². The monoisotopic (exact) mass is 199 g/mol. The van der Waals surface area contributed by atoms with Crippen LogP contribution in [-0.2, 0) is 4.99 Å². The normalized spacial score (nSPS) is 9.71. The second kappa shape index (κ2) is 4.69. The molecule has 1 aromatic carbocycles. The van der Waals surface area contributed by atoms with Gasteiger partial charge in [0.05, 0.1) is 14.2 Å². The van der Waals surface area contributed by atoms with E-state index >= 15 is 0 Å². The van der Waals surface area contributed by atoms with Gasteiger partial charge in [0.1, 0.15) is 5.75 Å². The van der Waals surface area contributed by atoms with Crippen LogP contribution in [0.4, 0.5) is 0 Å². The van der Waals surface area contributed by atoms with Gasteiger partial charge in [-0.05, 0) is 18.6 Å². The number of methoxy groups -OCH3 is 2. The van der Waals surface area contributed by atoms with E-state index in [2.05, 4.69) is 4.99 Å². The summed E-state index contributed by atoms with van der Waals surface area (Å²) in [5.41, 5.74) is 0.939. The van der Waals surface area contributed by atoms with Crippen molar-refractivity contribution in [1.82, 2.24) is 0 Å². The summed E-state index contributed by atoms with van der Waals surface area (Å²) < 4.78 is 10.2. The first kappa shape index (κ1) is 10.6. The predicted molar refractivity (Wildman–Crippen MR) is 50.2 cm³/mol. The summed E-state index contributed by atoms with van der Waals surface area (Å²) >= 11 is 0. The highest BCUT2D eigenvalue weighted by Crippen LogP contribution is 2.34. The van der Waals surface area contributed by atoms with Crippen LogP contribution in [0.3, 0.4) is 0 Å². The molecule has 0 aliphatic heterocycles. The molecule has 0 unspecified atom stereocenters. The van der Waals surface area contributed by atoms with Gasteiger partial charge in [0.2, 0.25) is 5.75 Å². The van der Waals surface area contributed by atoms with Crippen molar-refractivity contribution in [3.63, 3.8) is 0 Å². The molecule has 0 amide bonds. The minimum Gasteiger partial charge on any atom is -0.496 e.